The van der Waals surface area contributed by atoms with Crippen LogP contribution in [0.15, 0.2) is 231 Å². The van der Waals surface area contributed by atoms with Gasteiger partial charge in [-0.25, -0.2) is 0 Å². The van der Waals surface area contributed by atoms with E-state index in [0.717, 1.165) is 23.0 Å². The number of rotatable bonds is 3. The van der Waals surface area contributed by atoms with E-state index in [2.05, 4.69) is 258 Å². The quantitative estimate of drug-likeness (QED) is 0.164. The van der Waals surface area contributed by atoms with Gasteiger partial charge in [-0.1, -0.05) is 228 Å². The second kappa shape index (κ2) is 15.1. The Morgan fingerprint density at radius 1 is 0.253 bits per heavy atom. The topological polar surface area (TPSA) is 18.5 Å². The third-order valence-corrected chi connectivity index (χ3v) is 17.8. The van der Waals surface area contributed by atoms with Crippen LogP contribution in [0.4, 0.5) is 0 Å². The molecular weight excluding hydrogens is 909 g/mol. The summed E-state index contributed by atoms with van der Waals surface area (Å²) in [4.78, 5) is 0. The first-order valence-corrected chi connectivity index (χ1v) is 26.4. The number of ether oxygens (including phenoxy) is 2. The Bertz CT molecular complexity index is 4280. The lowest BCUT2D eigenvalue weighted by Crippen LogP contribution is -2.25. The van der Waals surface area contributed by atoms with E-state index in [-0.39, 0.29) is 10.8 Å². The Morgan fingerprint density at radius 2 is 0.653 bits per heavy atom. The van der Waals surface area contributed by atoms with Crippen molar-refractivity contribution in [2.75, 3.05) is 0 Å². The lowest BCUT2D eigenvalue weighted by atomic mass is 9.70. The van der Waals surface area contributed by atoms with E-state index in [1.807, 2.05) is 0 Å². The minimum Gasteiger partial charge on any atom is -0.457 e. The zero-order valence-electron chi connectivity index (χ0n) is 42.3. The maximum Gasteiger partial charge on any atom is 0.132 e. The molecule has 0 unspecified atom stereocenters. The molecule has 12 aromatic carbocycles. The van der Waals surface area contributed by atoms with E-state index in [0.29, 0.717) is 0 Å². The van der Waals surface area contributed by atoms with Gasteiger partial charge in [0.05, 0.1) is 5.41 Å². The van der Waals surface area contributed by atoms with Gasteiger partial charge < -0.3 is 9.47 Å². The Hall–Kier alpha value is -8.98. The number of hydrogen-bond acceptors (Lipinski definition) is 2. The van der Waals surface area contributed by atoms with Crippen LogP contribution in [-0.2, 0) is 16.2 Å². The predicted octanol–water partition coefficient (Wildman–Crippen LogP) is 19.4. The van der Waals surface area contributed by atoms with E-state index >= 15 is 0 Å². The van der Waals surface area contributed by atoms with Gasteiger partial charge in [-0.2, -0.15) is 0 Å². The molecule has 0 saturated carbocycles. The summed E-state index contributed by atoms with van der Waals surface area (Å²) in [6.45, 7) is 9.41. The van der Waals surface area contributed by atoms with Gasteiger partial charge in [0.15, 0.2) is 0 Å². The van der Waals surface area contributed by atoms with Gasteiger partial charge >= 0.3 is 0 Å². The Balaban J connectivity index is 1.06. The first-order chi connectivity index (χ1) is 36.7. The zero-order valence-corrected chi connectivity index (χ0v) is 42.3. The van der Waals surface area contributed by atoms with Crippen LogP contribution in [-0.4, -0.2) is 0 Å². The number of benzene rings is 12. The summed E-state index contributed by atoms with van der Waals surface area (Å²) in [6, 6.07) is 86.1. The third-order valence-electron chi connectivity index (χ3n) is 17.8. The molecular formula is C73H50O2. The van der Waals surface area contributed by atoms with Crippen molar-refractivity contribution < 1.29 is 9.47 Å². The molecule has 1 spiro atoms. The van der Waals surface area contributed by atoms with E-state index in [1.54, 1.807) is 0 Å². The number of para-hydroxylation sites is 2. The molecule has 0 atom stereocenters. The molecule has 0 saturated heterocycles. The number of hydrogen-bond donors (Lipinski definition) is 0. The van der Waals surface area contributed by atoms with Crippen LogP contribution < -0.4 is 9.47 Å². The van der Waals surface area contributed by atoms with Crippen molar-refractivity contribution in [1.29, 1.82) is 0 Å². The fraction of sp³-hybridized carbons (Fsp3) is 0.0959. The van der Waals surface area contributed by atoms with Crippen molar-refractivity contribution in [1.82, 2.24) is 0 Å². The maximum atomic E-state index is 6.83. The third kappa shape index (κ3) is 5.48. The monoisotopic (exact) mass is 958 g/mol. The van der Waals surface area contributed by atoms with Gasteiger partial charge in [0.2, 0.25) is 0 Å². The molecule has 0 N–H and O–H groups in total. The smallest absolute Gasteiger partial charge is 0.132 e. The van der Waals surface area contributed by atoms with E-state index in [9.17, 15) is 0 Å². The van der Waals surface area contributed by atoms with Gasteiger partial charge in [-0.3, -0.25) is 0 Å². The average Bonchev–Trinajstić information content (AvgIpc) is 3.92. The zero-order chi connectivity index (χ0) is 50.0. The SMILES string of the molecule is CC1(C)c2ccccc2Oc2cccc(-c3cccc4c(-c5cccc6c5-c5c(ccc7ccccc57)C65c6ccccc6-c6ccccc65)c5cccc(-c6cccc7c6C(C)(C)c6ccccc6O7)c5cc34)c21. The van der Waals surface area contributed by atoms with Gasteiger partial charge in [-0.05, 0) is 141 Å². The molecule has 2 aliphatic carbocycles. The minimum atomic E-state index is -0.523. The highest BCUT2D eigenvalue weighted by Gasteiger charge is 2.53. The lowest BCUT2D eigenvalue weighted by Gasteiger charge is -2.36. The Kier molecular flexibility index (Phi) is 8.54. The van der Waals surface area contributed by atoms with Crippen LogP contribution >= 0.6 is 0 Å². The molecule has 2 heterocycles. The van der Waals surface area contributed by atoms with Gasteiger partial charge in [0.25, 0.3) is 0 Å². The van der Waals surface area contributed by atoms with Crippen LogP contribution in [0.2, 0.25) is 0 Å². The first kappa shape index (κ1) is 42.5. The molecule has 0 bridgehead atoms. The van der Waals surface area contributed by atoms with Crippen LogP contribution in [0.3, 0.4) is 0 Å². The summed E-state index contributed by atoms with van der Waals surface area (Å²) >= 11 is 0. The normalized spacial score (nSPS) is 15.2. The van der Waals surface area contributed by atoms with Crippen LogP contribution in [0.1, 0.15) is 72.2 Å². The van der Waals surface area contributed by atoms with Gasteiger partial charge in [0.1, 0.15) is 23.0 Å². The highest BCUT2D eigenvalue weighted by molar-refractivity contribution is 6.22. The molecule has 4 aliphatic rings. The molecule has 75 heavy (non-hydrogen) atoms. The van der Waals surface area contributed by atoms with E-state index in [1.165, 1.54) is 132 Å². The average molecular weight is 959 g/mol. The summed E-state index contributed by atoms with van der Waals surface area (Å²) in [5, 5.41) is 7.32. The predicted molar refractivity (Wildman–Crippen MR) is 309 cm³/mol. The van der Waals surface area contributed by atoms with Crippen molar-refractivity contribution in [2.24, 2.45) is 0 Å². The van der Waals surface area contributed by atoms with Crippen LogP contribution in [0, 0.1) is 0 Å². The highest BCUT2D eigenvalue weighted by atomic mass is 16.5. The van der Waals surface area contributed by atoms with E-state index < -0.39 is 5.41 Å². The standard InChI is InChI=1S/C73H50O2/c1-71(2)58-33-11-13-36-62(58)74-64-38-18-28-51(69(64)71)45-24-15-26-49-54(45)42-55-46(52-29-19-39-65-70(52)72(3,4)59-34-12-14-37-63(59)75-65)25-16-27-50(55)66(49)53-30-17-35-60-68(53)67-44-21-6-5-20-43(44)40-41-61(67)73(60)56-31-9-7-22-47(56)48-23-8-10-32-57(48)73/h5-42H,1-4H3. The second-order valence-electron chi connectivity index (χ2n) is 22.1. The van der Waals surface area contributed by atoms with Crippen LogP contribution in [0.5, 0.6) is 23.0 Å². The van der Waals surface area contributed by atoms with Crippen molar-refractivity contribution >= 4 is 32.3 Å². The molecule has 0 radical (unpaired) electrons. The fourth-order valence-electron chi connectivity index (χ4n) is 14.7. The molecule has 2 aliphatic heterocycles. The molecule has 0 amide bonds. The van der Waals surface area contributed by atoms with Crippen LogP contribution in [0.25, 0.3) is 88.0 Å². The van der Waals surface area contributed by atoms with E-state index in [4.69, 9.17) is 9.47 Å². The minimum absolute atomic E-state index is 0.341. The number of fused-ring (bicyclic) bond motifs is 18. The largest absolute Gasteiger partial charge is 0.457 e. The summed E-state index contributed by atoms with van der Waals surface area (Å²) in [5.74, 6) is 3.64. The Morgan fingerprint density at radius 3 is 1.24 bits per heavy atom. The highest BCUT2D eigenvalue weighted by Crippen LogP contribution is 2.66. The van der Waals surface area contributed by atoms with Gasteiger partial charge in [-0.15, -0.1) is 0 Å². The summed E-state index contributed by atoms with van der Waals surface area (Å²) < 4.78 is 13.7. The van der Waals surface area contributed by atoms with Crippen molar-refractivity contribution in [3.63, 3.8) is 0 Å². The van der Waals surface area contributed by atoms with Crippen molar-refractivity contribution in [2.45, 2.75) is 43.9 Å². The lowest BCUT2D eigenvalue weighted by molar-refractivity contribution is 0.418. The molecule has 2 nitrogen and oxygen atoms in total. The molecule has 354 valence electrons. The van der Waals surface area contributed by atoms with Gasteiger partial charge in [0, 0.05) is 33.1 Å². The molecule has 0 fully saturated rings. The summed E-state index contributed by atoms with van der Waals surface area (Å²) in [5.41, 5.74) is 21.3. The summed E-state index contributed by atoms with van der Waals surface area (Å²) in [6.07, 6.45) is 0. The molecule has 2 heteroatoms. The maximum absolute atomic E-state index is 6.83. The summed E-state index contributed by atoms with van der Waals surface area (Å²) in [7, 11) is 0. The first-order valence-electron chi connectivity index (χ1n) is 26.4. The van der Waals surface area contributed by atoms with Crippen molar-refractivity contribution in [3.05, 3.63) is 275 Å². The van der Waals surface area contributed by atoms with Crippen molar-refractivity contribution in [3.8, 4) is 78.6 Å². The molecule has 12 aromatic rings. The molecule has 16 rings (SSSR count). The fourth-order valence-corrected chi connectivity index (χ4v) is 14.7. The Labute approximate surface area is 437 Å². The second-order valence-corrected chi connectivity index (χ2v) is 22.1. The molecule has 0 aromatic heterocycles.